The molecule has 3 aromatic carbocycles. The first-order valence-corrected chi connectivity index (χ1v) is 8.84. The standard InChI is InChI=1S/C23H21F2NO/c24-21-14-17(15-22(25)23(21)27)16-26-13-7-12-20(18-8-3-1-4-9-18)19-10-5-2-6-11-19/h1-6,8-12,14-15,26-27H,7,13,16H2. The molecule has 0 saturated carbocycles. The maximum atomic E-state index is 13.4. The molecule has 0 amide bonds. The van der Waals surface area contributed by atoms with Crippen molar-refractivity contribution in [2.75, 3.05) is 6.54 Å². The van der Waals surface area contributed by atoms with E-state index < -0.39 is 17.4 Å². The minimum atomic E-state index is -0.942. The molecule has 0 aromatic heterocycles. The van der Waals surface area contributed by atoms with Crippen molar-refractivity contribution >= 4 is 5.57 Å². The molecule has 0 spiro atoms. The average molecular weight is 365 g/mol. The predicted molar refractivity (Wildman–Crippen MR) is 104 cm³/mol. The zero-order valence-electron chi connectivity index (χ0n) is 14.8. The number of hydrogen-bond acceptors (Lipinski definition) is 2. The zero-order valence-corrected chi connectivity index (χ0v) is 14.8. The fourth-order valence-corrected chi connectivity index (χ4v) is 2.91. The van der Waals surface area contributed by atoms with Crippen molar-refractivity contribution in [1.29, 1.82) is 0 Å². The summed E-state index contributed by atoms with van der Waals surface area (Å²) in [6.45, 7) is 0.987. The summed E-state index contributed by atoms with van der Waals surface area (Å²) >= 11 is 0. The van der Waals surface area contributed by atoms with E-state index in [1.807, 2.05) is 36.4 Å². The topological polar surface area (TPSA) is 32.3 Å². The van der Waals surface area contributed by atoms with Gasteiger partial charge in [0.05, 0.1) is 0 Å². The lowest BCUT2D eigenvalue weighted by Gasteiger charge is -2.09. The Hall–Kier alpha value is -2.98. The molecule has 2 N–H and O–H groups in total. The van der Waals surface area contributed by atoms with Crippen LogP contribution in [0, 0.1) is 11.6 Å². The highest BCUT2D eigenvalue weighted by atomic mass is 19.1. The fourth-order valence-electron chi connectivity index (χ4n) is 2.91. The third kappa shape index (κ3) is 5.02. The molecular weight excluding hydrogens is 344 g/mol. The van der Waals surface area contributed by atoms with Crippen molar-refractivity contribution < 1.29 is 13.9 Å². The minimum Gasteiger partial charge on any atom is -0.503 e. The van der Waals surface area contributed by atoms with Gasteiger partial charge >= 0.3 is 0 Å². The van der Waals surface area contributed by atoms with E-state index in [2.05, 4.69) is 35.7 Å². The van der Waals surface area contributed by atoms with Crippen LogP contribution in [0.4, 0.5) is 8.78 Å². The number of hydrogen-bond donors (Lipinski definition) is 2. The van der Waals surface area contributed by atoms with E-state index in [1.54, 1.807) is 0 Å². The monoisotopic (exact) mass is 365 g/mol. The highest BCUT2D eigenvalue weighted by Gasteiger charge is 2.09. The molecule has 0 saturated heterocycles. The van der Waals surface area contributed by atoms with Gasteiger partial charge in [0.15, 0.2) is 17.4 Å². The largest absolute Gasteiger partial charge is 0.503 e. The SMILES string of the molecule is Oc1c(F)cc(CNCCC=C(c2ccccc2)c2ccccc2)cc1F. The molecular formula is C23H21F2NO. The molecule has 0 bridgehead atoms. The van der Waals surface area contributed by atoms with E-state index in [0.717, 1.165) is 35.3 Å². The van der Waals surface area contributed by atoms with E-state index in [9.17, 15) is 8.78 Å². The van der Waals surface area contributed by atoms with Crippen LogP contribution in [0.5, 0.6) is 5.75 Å². The van der Waals surface area contributed by atoms with Gasteiger partial charge in [-0.15, -0.1) is 0 Å². The lowest BCUT2D eigenvalue weighted by Crippen LogP contribution is -2.14. The summed E-state index contributed by atoms with van der Waals surface area (Å²) in [6, 6.07) is 22.6. The highest BCUT2D eigenvalue weighted by molar-refractivity contribution is 5.79. The van der Waals surface area contributed by atoms with Crippen LogP contribution in [0.3, 0.4) is 0 Å². The number of aromatic hydroxyl groups is 1. The van der Waals surface area contributed by atoms with Gasteiger partial charge in [0, 0.05) is 6.54 Å². The van der Waals surface area contributed by atoms with E-state index in [-0.39, 0.29) is 0 Å². The van der Waals surface area contributed by atoms with Crippen molar-refractivity contribution in [2.24, 2.45) is 0 Å². The molecule has 0 aliphatic heterocycles. The number of rotatable bonds is 7. The summed E-state index contributed by atoms with van der Waals surface area (Å²) in [5.41, 5.74) is 3.90. The van der Waals surface area contributed by atoms with Crippen LogP contribution in [-0.2, 0) is 6.54 Å². The van der Waals surface area contributed by atoms with Crippen molar-refractivity contribution in [3.63, 3.8) is 0 Å². The first-order valence-electron chi connectivity index (χ1n) is 8.84. The fraction of sp³-hybridized carbons (Fsp3) is 0.130. The van der Waals surface area contributed by atoms with E-state index in [0.29, 0.717) is 18.7 Å². The summed E-state index contributed by atoms with van der Waals surface area (Å²) in [7, 11) is 0. The molecule has 0 aliphatic rings. The Labute approximate surface area is 157 Å². The van der Waals surface area contributed by atoms with E-state index in [1.165, 1.54) is 0 Å². The first-order chi connectivity index (χ1) is 13.1. The smallest absolute Gasteiger partial charge is 0.187 e. The van der Waals surface area contributed by atoms with Crippen LogP contribution >= 0.6 is 0 Å². The van der Waals surface area contributed by atoms with Gasteiger partial charge in [-0.1, -0.05) is 66.7 Å². The molecule has 0 atom stereocenters. The molecule has 0 aliphatic carbocycles. The van der Waals surface area contributed by atoms with Crippen molar-refractivity contribution in [2.45, 2.75) is 13.0 Å². The van der Waals surface area contributed by atoms with Crippen LogP contribution in [0.2, 0.25) is 0 Å². The maximum absolute atomic E-state index is 13.4. The summed E-state index contributed by atoms with van der Waals surface area (Å²) < 4.78 is 26.7. The normalized spacial score (nSPS) is 10.6. The Morgan fingerprint density at radius 1 is 0.852 bits per heavy atom. The molecule has 27 heavy (non-hydrogen) atoms. The van der Waals surface area contributed by atoms with Crippen LogP contribution in [0.15, 0.2) is 78.9 Å². The number of phenols is 1. The Morgan fingerprint density at radius 2 is 1.37 bits per heavy atom. The zero-order chi connectivity index (χ0) is 19.1. The molecule has 0 radical (unpaired) electrons. The van der Waals surface area contributed by atoms with Gasteiger partial charge in [-0.2, -0.15) is 0 Å². The third-order valence-corrected chi connectivity index (χ3v) is 4.24. The van der Waals surface area contributed by atoms with Crippen LogP contribution in [0.1, 0.15) is 23.1 Å². The van der Waals surface area contributed by atoms with Gasteiger partial charge in [0.25, 0.3) is 0 Å². The van der Waals surface area contributed by atoms with Crippen molar-refractivity contribution in [3.8, 4) is 5.75 Å². The lowest BCUT2D eigenvalue weighted by atomic mass is 9.97. The molecule has 2 nitrogen and oxygen atoms in total. The van der Waals surface area contributed by atoms with Crippen molar-refractivity contribution in [1.82, 2.24) is 5.32 Å². The molecule has 4 heteroatoms. The minimum absolute atomic E-state index is 0.327. The van der Waals surface area contributed by atoms with Gasteiger partial charge in [-0.25, -0.2) is 8.78 Å². The molecule has 0 heterocycles. The average Bonchev–Trinajstić information content (AvgIpc) is 2.70. The van der Waals surface area contributed by atoms with Gasteiger partial charge in [-0.05, 0) is 47.4 Å². The maximum Gasteiger partial charge on any atom is 0.187 e. The number of halogens is 2. The predicted octanol–water partition coefficient (Wildman–Crippen LogP) is 5.28. The van der Waals surface area contributed by atoms with E-state index in [4.69, 9.17) is 5.11 Å². The van der Waals surface area contributed by atoms with E-state index >= 15 is 0 Å². The van der Waals surface area contributed by atoms with Crippen molar-refractivity contribution in [3.05, 3.63) is 107 Å². The third-order valence-electron chi connectivity index (χ3n) is 4.24. The first kappa shape index (κ1) is 18.8. The molecule has 3 rings (SSSR count). The van der Waals surface area contributed by atoms with Crippen LogP contribution in [0.25, 0.3) is 5.57 Å². The lowest BCUT2D eigenvalue weighted by molar-refractivity contribution is 0.395. The Morgan fingerprint density at radius 3 is 1.89 bits per heavy atom. The van der Waals surface area contributed by atoms with Gasteiger partial charge in [-0.3, -0.25) is 0 Å². The number of benzene rings is 3. The van der Waals surface area contributed by atoms with Crippen LogP contribution < -0.4 is 5.32 Å². The number of phenolic OH excluding ortho intramolecular Hbond substituents is 1. The second kappa shape index (κ2) is 9.10. The quantitative estimate of drug-likeness (QED) is 0.558. The van der Waals surface area contributed by atoms with Crippen LogP contribution in [-0.4, -0.2) is 11.7 Å². The van der Waals surface area contributed by atoms with Gasteiger partial charge in [0.1, 0.15) is 0 Å². The summed E-state index contributed by atoms with van der Waals surface area (Å²) in [6.07, 6.45) is 2.93. The summed E-state index contributed by atoms with van der Waals surface area (Å²) in [4.78, 5) is 0. The molecule has 3 aromatic rings. The Balaban J connectivity index is 1.64. The van der Waals surface area contributed by atoms with Gasteiger partial charge in [0.2, 0.25) is 0 Å². The second-order valence-electron chi connectivity index (χ2n) is 6.22. The highest BCUT2D eigenvalue weighted by Crippen LogP contribution is 2.24. The second-order valence-corrected chi connectivity index (χ2v) is 6.22. The summed E-state index contributed by atoms with van der Waals surface area (Å²) in [5, 5.41) is 12.3. The Kier molecular flexibility index (Phi) is 6.34. The Bertz CT molecular complexity index is 844. The molecule has 0 unspecified atom stereocenters. The van der Waals surface area contributed by atoms with Gasteiger partial charge < -0.3 is 10.4 Å². The molecule has 138 valence electrons. The number of nitrogens with one attached hydrogen (secondary N) is 1. The molecule has 0 fully saturated rings. The summed E-state index contributed by atoms with van der Waals surface area (Å²) in [5.74, 6) is -2.82.